The van der Waals surface area contributed by atoms with Crippen molar-refractivity contribution >= 4 is 11.8 Å². The third kappa shape index (κ3) is 5.89. The molecule has 1 aromatic carbocycles. The highest BCUT2D eigenvalue weighted by Gasteiger charge is 2.29. The van der Waals surface area contributed by atoms with Gasteiger partial charge in [-0.15, -0.1) is 0 Å². The topological polar surface area (TPSA) is 75.5 Å². The van der Waals surface area contributed by atoms with Crippen molar-refractivity contribution in [2.75, 3.05) is 24.6 Å². The molecule has 1 saturated carbocycles. The summed E-state index contributed by atoms with van der Waals surface area (Å²) < 4.78 is 43.8. The van der Waals surface area contributed by atoms with E-state index in [9.17, 15) is 23.1 Å². The van der Waals surface area contributed by atoms with Crippen LogP contribution in [0.1, 0.15) is 37.8 Å². The molecule has 1 N–H and O–H groups in total. The maximum Gasteiger partial charge on any atom is 0.389 e. The summed E-state index contributed by atoms with van der Waals surface area (Å²) in [6.07, 6.45) is -0.762. The van der Waals surface area contributed by atoms with Crippen molar-refractivity contribution in [2.45, 2.75) is 44.7 Å². The molecule has 1 aliphatic heterocycles. The molecule has 6 nitrogen and oxygen atoms in total. The van der Waals surface area contributed by atoms with Crippen LogP contribution in [0.15, 0.2) is 30.5 Å². The molecule has 2 aromatic rings. The minimum Gasteiger partial charge on any atom is -0.493 e. The fraction of sp³-hybridized carbons (Fsp3) is 0.522. The Bertz CT molecular complexity index is 938. The van der Waals surface area contributed by atoms with Gasteiger partial charge in [-0.3, -0.25) is 9.78 Å². The number of piperidine rings is 1. The number of alkyl halides is 3. The maximum absolute atomic E-state index is 12.7. The molecule has 1 aromatic heterocycles. The Hall–Kier alpha value is -2.84. The number of halogens is 3. The first kappa shape index (κ1) is 22.4. The van der Waals surface area contributed by atoms with Crippen LogP contribution >= 0.6 is 0 Å². The summed E-state index contributed by atoms with van der Waals surface area (Å²) in [6, 6.07) is 7.46. The predicted octanol–water partition coefficient (Wildman–Crippen LogP) is 4.73. The smallest absolute Gasteiger partial charge is 0.389 e. The van der Waals surface area contributed by atoms with Gasteiger partial charge in [-0.05, 0) is 62.3 Å². The summed E-state index contributed by atoms with van der Waals surface area (Å²) >= 11 is 0. The van der Waals surface area contributed by atoms with Gasteiger partial charge in [0.25, 0.3) is 0 Å². The summed E-state index contributed by atoms with van der Waals surface area (Å²) in [5.74, 6) is 0.667. The van der Waals surface area contributed by atoms with E-state index in [0.717, 1.165) is 11.3 Å². The monoisotopic (exact) mass is 449 g/mol. The number of carboxylic acids is 1. The number of aromatic nitrogens is 2. The molecule has 9 heteroatoms. The van der Waals surface area contributed by atoms with E-state index < -0.39 is 24.5 Å². The zero-order chi connectivity index (χ0) is 22.7. The molecule has 32 heavy (non-hydrogen) atoms. The van der Waals surface area contributed by atoms with Crippen molar-refractivity contribution in [3.05, 3.63) is 36.2 Å². The van der Waals surface area contributed by atoms with Crippen LogP contribution in [0.4, 0.5) is 19.0 Å². The lowest BCUT2D eigenvalue weighted by Gasteiger charge is -2.32. The summed E-state index contributed by atoms with van der Waals surface area (Å²) in [5.41, 5.74) is 1.63. The number of hydrogen-bond donors (Lipinski definition) is 1. The number of ether oxygens (including phenoxy) is 1. The molecule has 172 valence electrons. The minimum absolute atomic E-state index is 0.247. The molecule has 4 rings (SSSR count). The van der Waals surface area contributed by atoms with Gasteiger partial charge in [0.05, 0.1) is 18.2 Å². The number of aliphatic carboxylic acids is 1. The number of hydrogen-bond acceptors (Lipinski definition) is 5. The molecule has 0 spiro atoms. The van der Waals surface area contributed by atoms with Crippen molar-refractivity contribution in [1.29, 1.82) is 0 Å². The number of carboxylic acid groups (broad SMARTS) is 1. The van der Waals surface area contributed by atoms with E-state index in [1.807, 2.05) is 29.2 Å². The maximum atomic E-state index is 12.7. The molecule has 0 radical (unpaired) electrons. The van der Waals surface area contributed by atoms with Crippen LogP contribution in [-0.2, 0) is 11.2 Å². The lowest BCUT2D eigenvalue weighted by Crippen LogP contribution is -2.37. The summed E-state index contributed by atoms with van der Waals surface area (Å²) in [4.78, 5) is 22.2. The molecule has 2 fully saturated rings. The van der Waals surface area contributed by atoms with E-state index in [1.165, 1.54) is 19.0 Å². The average Bonchev–Trinajstić information content (AvgIpc) is 3.61. The van der Waals surface area contributed by atoms with Crippen LogP contribution in [0.25, 0.3) is 11.3 Å². The van der Waals surface area contributed by atoms with Gasteiger partial charge in [0, 0.05) is 31.3 Å². The second-order valence-electron chi connectivity index (χ2n) is 8.53. The highest BCUT2D eigenvalue weighted by molar-refractivity contribution is 5.74. The average molecular weight is 449 g/mol. The van der Waals surface area contributed by atoms with Crippen LogP contribution in [0.2, 0.25) is 0 Å². The lowest BCUT2D eigenvalue weighted by atomic mass is 9.97. The van der Waals surface area contributed by atoms with Gasteiger partial charge >= 0.3 is 12.1 Å². The Labute approximate surface area is 184 Å². The molecule has 0 amide bonds. The van der Waals surface area contributed by atoms with E-state index in [1.54, 1.807) is 0 Å². The molecule has 2 heterocycles. The van der Waals surface area contributed by atoms with Gasteiger partial charge in [0.2, 0.25) is 0 Å². The quantitative estimate of drug-likeness (QED) is 0.628. The van der Waals surface area contributed by atoms with E-state index in [2.05, 4.69) is 9.97 Å². The fourth-order valence-electron chi connectivity index (χ4n) is 3.77. The van der Waals surface area contributed by atoms with Gasteiger partial charge < -0.3 is 14.7 Å². The minimum atomic E-state index is -4.27. The first-order valence-corrected chi connectivity index (χ1v) is 10.9. The molecule has 2 aliphatic rings. The van der Waals surface area contributed by atoms with Crippen molar-refractivity contribution < 1.29 is 27.8 Å². The van der Waals surface area contributed by atoms with Crippen molar-refractivity contribution in [3.8, 4) is 17.0 Å². The third-order valence-electron chi connectivity index (χ3n) is 5.92. The van der Waals surface area contributed by atoms with E-state index in [4.69, 9.17) is 4.74 Å². The molecular formula is C23H26F3N3O3. The lowest BCUT2D eigenvalue weighted by molar-refractivity contribution is -0.142. The van der Waals surface area contributed by atoms with Gasteiger partial charge in [-0.1, -0.05) is 0 Å². The highest BCUT2D eigenvalue weighted by Crippen LogP contribution is 2.33. The number of aryl methyl sites for hydroxylation is 1. The van der Waals surface area contributed by atoms with Crippen LogP contribution in [0.5, 0.6) is 5.75 Å². The summed E-state index contributed by atoms with van der Waals surface area (Å²) in [5, 5.41) is 9.26. The number of benzene rings is 1. The van der Waals surface area contributed by atoms with Gasteiger partial charge in [0.15, 0.2) is 5.82 Å². The molecule has 1 aliphatic carbocycles. The first-order valence-electron chi connectivity index (χ1n) is 10.9. The van der Waals surface area contributed by atoms with Crippen LogP contribution in [0, 0.1) is 11.8 Å². The van der Waals surface area contributed by atoms with Gasteiger partial charge in [-0.2, -0.15) is 13.2 Å². The standard InChI is InChI=1S/C23H26F3N3O3/c24-23(25,26)10-7-18-13-27-20(16-3-5-19(6-4-16)32-14-15-1-2-15)21(28-18)29-11-8-17(9-12-29)22(30)31/h3-6,13,15,17H,1-2,7-12,14H2,(H,30,31). The Balaban J connectivity index is 1.56. The fourth-order valence-corrected chi connectivity index (χ4v) is 3.77. The van der Waals surface area contributed by atoms with Gasteiger partial charge in [0.1, 0.15) is 11.4 Å². The molecule has 0 bridgehead atoms. The zero-order valence-corrected chi connectivity index (χ0v) is 17.6. The molecular weight excluding hydrogens is 423 g/mol. The van der Waals surface area contributed by atoms with E-state index in [0.29, 0.717) is 50.0 Å². The largest absolute Gasteiger partial charge is 0.493 e. The Morgan fingerprint density at radius 1 is 1.12 bits per heavy atom. The molecule has 1 saturated heterocycles. The second kappa shape index (κ2) is 9.34. The Kier molecular flexibility index (Phi) is 6.53. The van der Waals surface area contributed by atoms with Crippen molar-refractivity contribution in [1.82, 2.24) is 9.97 Å². The predicted molar refractivity (Wildman–Crippen MR) is 113 cm³/mol. The third-order valence-corrected chi connectivity index (χ3v) is 5.92. The Morgan fingerprint density at radius 3 is 2.41 bits per heavy atom. The Morgan fingerprint density at radius 2 is 1.81 bits per heavy atom. The number of nitrogens with zero attached hydrogens (tertiary/aromatic N) is 3. The normalized spacial score (nSPS) is 17.4. The number of carbonyl (C=O) groups is 1. The van der Waals surface area contributed by atoms with Crippen molar-refractivity contribution in [3.63, 3.8) is 0 Å². The molecule has 0 atom stereocenters. The summed E-state index contributed by atoms with van der Waals surface area (Å²) in [7, 11) is 0. The van der Waals surface area contributed by atoms with Crippen LogP contribution < -0.4 is 9.64 Å². The first-order chi connectivity index (χ1) is 15.3. The molecule has 0 unspecified atom stereocenters. The van der Waals surface area contributed by atoms with Crippen LogP contribution in [0.3, 0.4) is 0 Å². The number of rotatable bonds is 8. The van der Waals surface area contributed by atoms with Crippen LogP contribution in [-0.4, -0.2) is 46.9 Å². The summed E-state index contributed by atoms with van der Waals surface area (Å²) in [6.45, 7) is 1.63. The zero-order valence-electron chi connectivity index (χ0n) is 17.6. The van der Waals surface area contributed by atoms with E-state index in [-0.39, 0.29) is 12.1 Å². The number of anilines is 1. The van der Waals surface area contributed by atoms with E-state index >= 15 is 0 Å². The highest BCUT2D eigenvalue weighted by atomic mass is 19.4. The SMILES string of the molecule is O=C(O)C1CCN(c2nc(CCC(F)(F)F)cnc2-c2ccc(OCC3CC3)cc2)CC1. The van der Waals surface area contributed by atoms with Crippen molar-refractivity contribution in [2.24, 2.45) is 11.8 Å². The van der Waals surface area contributed by atoms with Gasteiger partial charge in [-0.25, -0.2) is 4.98 Å². The second-order valence-corrected chi connectivity index (χ2v) is 8.53.